The van der Waals surface area contributed by atoms with E-state index in [1.54, 1.807) is 31.2 Å². The van der Waals surface area contributed by atoms with Crippen molar-refractivity contribution in [2.24, 2.45) is 11.7 Å². The molecule has 294 valence electrons. The number of carbonyl (C=O) groups excluding carboxylic acids is 7. The summed E-state index contributed by atoms with van der Waals surface area (Å²) in [6.07, 6.45) is 4.82. The van der Waals surface area contributed by atoms with Crippen molar-refractivity contribution in [1.29, 1.82) is 0 Å². The lowest BCUT2D eigenvalue weighted by Crippen LogP contribution is -2.55. The van der Waals surface area contributed by atoms with E-state index in [1.807, 2.05) is 6.92 Å². The second-order valence-electron chi connectivity index (χ2n) is 12.8. The third-order valence-electron chi connectivity index (χ3n) is 7.93. The van der Waals surface area contributed by atoms with Gasteiger partial charge in [-0.1, -0.05) is 32.4 Å². The summed E-state index contributed by atoms with van der Waals surface area (Å²) in [6.45, 7) is 4.09. The van der Waals surface area contributed by atoms with Crippen LogP contribution in [0.25, 0.3) is 0 Å². The summed E-state index contributed by atoms with van der Waals surface area (Å²) >= 11 is 1.15. The molecule has 0 fully saturated rings. The Morgan fingerprint density at radius 2 is 1.44 bits per heavy atom. The van der Waals surface area contributed by atoms with Crippen LogP contribution in [0, 0.1) is 5.92 Å². The molecular weight excluding hydrogens is 721 g/mol. The molecule has 0 aliphatic heterocycles. The van der Waals surface area contributed by atoms with Gasteiger partial charge in [0.1, 0.15) is 29.7 Å². The highest BCUT2D eigenvalue weighted by atomic mass is 32.2. The summed E-state index contributed by atoms with van der Waals surface area (Å²) in [5.74, 6) is -4.52. The number of amides is 5. The molecule has 16 nitrogen and oxygen atoms in total. The maximum Gasteiger partial charge on any atom is 0.341 e. The van der Waals surface area contributed by atoms with Gasteiger partial charge in [-0.2, -0.15) is 11.8 Å². The first-order chi connectivity index (χ1) is 25.7. The fourth-order valence-electron chi connectivity index (χ4n) is 5.01. The number of nitrogens with two attached hydrogens (primary N) is 1. The van der Waals surface area contributed by atoms with Gasteiger partial charge in [0.05, 0.1) is 12.3 Å². The lowest BCUT2D eigenvalue weighted by molar-refractivity contribution is -0.139. The standard InChI is InChI=1S/C37H50N6O10S/c1-4-6-29(34(38)49)42-35(50)23(2)21-54-22-32(46)41-31(17-25-9-11-28(12-10-25)53-20-33(47)48)37(52)43-30(18-26-13-15-39-16-14-26)36(51)40-19-27(45)8-5-7-24(3)44/h9-16,23,29-31H,4-8,17-22H2,1-3H3,(H2,38,49)(H,40,51)(H,41,46)(H,42,50)(H,43,52)(H,47,48)/t23-,29-,30-,31-/m0/s1. The Morgan fingerprint density at radius 3 is 2.04 bits per heavy atom. The molecule has 1 heterocycles. The number of ketones is 2. The largest absolute Gasteiger partial charge is 0.482 e. The van der Waals surface area contributed by atoms with Gasteiger partial charge in [0.15, 0.2) is 12.4 Å². The smallest absolute Gasteiger partial charge is 0.341 e. The van der Waals surface area contributed by atoms with Crippen molar-refractivity contribution in [3.8, 4) is 5.75 Å². The normalized spacial score (nSPS) is 12.9. The molecule has 0 aliphatic rings. The number of pyridine rings is 1. The summed E-state index contributed by atoms with van der Waals surface area (Å²) in [5, 5.41) is 19.5. The number of carbonyl (C=O) groups is 8. The SMILES string of the molecule is CCC[C@H](NC(=O)[C@@H](C)CSCC(=O)N[C@@H](Cc1ccc(OCC(=O)O)cc1)C(=O)N[C@@H](Cc1ccncc1)C(=O)NCC(=O)CCCC(C)=O)C(N)=O. The van der Waals surface area contributed by atoms with E-state index in [9.17, 15) is 38.4 Å². The molecule has 1 aromatic carbocycles. The number of thioether (sulfide) groups is 1. The highest BCUT2D eigenvalue weighted by Gasteiger charge is 2.28. The molecule has 5 amide bonds. The summed E-state index contributed by atoms with van der Waals surface area (Å²) in [7, 11) is 0. The van der Waals surface area contributed by atoms with E-state index in [2.05, 4.69) is 26.3 Å². The lowest BCUT2D eigenvalue weighted by atomic mass is 10.0. The topological polar surface area (TPSA) is 253 Å². The first-order valence-corrected chi connectivity index (χ1v) is 18.7. The molecule has 0 spiro atoms. The molecule has 0 saturated heterocycles. The number of carboxylic acid groups (broad SMARTS) is 1. The Bertz CT molecular complexity index is 1590. The van der Waals surface area contributed by atoms with Crippen LogP contribution in [-0.2, 0) is 51.2 Å². The van der Waals surface area contributed by atoms with E-state index in [1.165, 1.54) is 31.5 Å². The maximum absolute atomic E-state index is 13.9. The number of primary amides is 1. The Kier molecular flexibility index (Phi) is 20.0. The third-order valence-corrected chi connectivity index (χ3v) is 9.13. The molecule has 0 radical (unpaired) electrons. The monoisotopic (exact) mass is 770 g/mol. The molecule has 54 heavy (non-hydrogen) atoms. The van der Waals surface area contributed by atoms with Crippen molar-refractivity contribution >= 4 is 58.8 Å². The zero-order valence-electron chi connectivity index (χ0n) is 30.8. The highest BCUT2D eigenvalue weighted by Crippen LogP contribution is 2.15. The molecule has 7 N–H and O–H groups in total. The number of Topliss-reactive ketones (excluding diaryl/α,β-unsaturated/α-hetero) is 2. The predicted octanol–water partition coefficient (Wildman–Crippen LogP) is 0.884. The third kappa shape index (κ3) is 17.9. The van der Waals surface area contributed by atoms with E-state index < -0.39 is 60.2 Å². The second-order valence-corrected chi connectivity index (χ2v) is 13.8. The Morgan fingerprint density at radius 1 is 0.833 bits per heavy atom. The van der Waals surface area contributed by atoms with Gasteiger partial charge in [0, 0.05) is 49.7 Å². The van der Waals surface area contributed by atoms with Gasteiger partial charge >= 0.3 is 5.97 Å². The molecule has 17 heteroatoms. The van der Waals surface area contributed by atoms with Crippen LogP contribution in [0.4, 0.5) is 0 Å². The lowest BCUT2D eigenvalue weighted by Gasteiger charge is -2.24. The van der Waals surface area contributed by atoms with Crippen LogP contribution < -0.4 is 31.7 Å². The van der Waals surface area contributed by atoms with E-state index in [-0.39, 0.29) is 67.0 Å². The van der Waals surface area contributed by atoms with E-state index >= 15 is 0 Å². The number of nitrogens with one attached hydrogen (secondary N) is 4. The predicted molar refractivity (Wildman–Crippen MR) is 200 cm³/mol. The van der Waals surface area contributed by atoms with Gasteiger partial charge in [0.2, 0.25) is 29.5 Å². The fourth-order valence-corrected chi connectivity index (χ4v) is 5.90. The molecule has 1 aromatic heterocycles. The summed E-state index contributed by atoms with van der Waals surface area (Å²) in [4.78, 5) is 103. The number of carboxylic acids is 1. The molecule has 0 aliphatic carbocycles. The first-order valence-electron chi connectivity index (χ1n) is 17.6. The number of rotatable bonds is 26. The number of hydrogen-bond acceptors (Lipinski definition) is 11. The fraction of sp³-hybridized carbons (Fsp3) is 0.486. The number of nitrogens with zero attached hydrogens (tertiary/aromatic N) is 1. The van der Waals surface area contributed by atoms with Gasteiger partial charge in [-0.05, 0) is 55.2 Å². The van der Waals surface area contributed by atoms with Crippen molar-refractivity contribution in [2.75, 3.05) is 24.7 Å². The summed E-state index contributed by atoms with van der Waals surface area (Å²) in [6, 6.07) is 6.47. The Labute approximate surface area is 318 Å². The van der Waals surface area contributed by atoms with Crippen LogP contribution >= 0.6 is 11.8 Å². The van der Waals surface area contributed by atoms with Crippen LogP contribution in [0.3, 0.4) is 0 Å². The van der Waals surface area contributed by atoms with Crippen molar-refractivity contribution in [3.63, 3.8) is 0 Å². The van der Waals surface area contributed by atoms with Crippen LogP contribution in [0.2, 0.25) is 0 Å². The number of benzene rings is 1. The van der Waals surface area contributed by atoms with Crippen LogP contribution in [0.15, 0.2) is 48.8 Å². The average Bonchev–Trinajstić information content (AvgIpc) is 3.12. The van der Waals surface area contributed by atoms with Crippen molar-refractivity contribution in [3.05, 3.63) is 59.9 Å². The Hall–Kier alpha value is -5.32. The maximum atomic E-state index is 13.9. The van der Waals surface area contributed by atoms with Crippen LogP contribution in [0.5, 0.6) is 5.75 Å². The van der Waals surface area contributed by atoms with Gasteiger partial charge in [-0.15, -0.1) is 0 Å². The van der Waals surface area contributed by atoms with Crippen LogP contribution in [0.1, 0.15) is 64.0 Å². The van der Waals surface area contributed by atoms with Gasteiger partial charge in [0.25, 0.3) is 0 Å². The minimum Gasteiger partial charge on any atom is -0.482 e. The number of aromatic nitrogens is 1. The molecule has 0 saturated carbocycles. The minimum absolute atomic E-state index is 0.0234. The second kappa shape index (κ2) is 24.1. The van der Waals surface area contributed by atoms with Crippen molar-refractivity contribution in [1.82, 2.24) is 26.3 Å². The zero-order valence-corrected chi connectivity index (χ0v) is 31.6. The highest BCUT2D eigenvalue weighted by molar-refractivity contribution is 7.99. The zero-order chi connectivity index (χ0) is 40.0. The molecule has 4 atom stereocenters. The van der Waals surface area contributed by atoms with Gasteiger partial charge in [-0.25, -0.2) is 4.79 Å². The number of aliphatic carboxylic acids is 1. The summed E-state index contributed by atoms with van der Waals surface area (Å²) < 4.78 is 5.18. The first kappa shape index (κ1) is 44.8. The Balaban J connectivity index is 2.19. The van der Waals surface area contributed by atoms with Crippen molar-refractivity contribution < 1.29 is 48.2 Å². The molecule has 0 unspecified atom stereocenters. The number of ether oxygens (including phenoxy) is 1. The molecular formula is C37H50N6O10S. The van der Waals surface area contributed by atoms with E-state index in [0.717, 1.165) is 11.8 Å². The van der Waals surface area contributed by atoms with Crippen LogP contribution in [-0.4, -0.2) is 99.9 Å². The average molecular weight is 771 g/mol. The molecule has 0 bridgehead atoms. The summed E-state index contributed by atoms with van der Waals surface area (Å²) in [5.41, 5.74) is 6.64. The minimum atomic E-state index is -1.18. The van der Waals surface area contributed by atoms with Gasteiger partial charge in [-0.3, -0.25) is 33.8 Å². The quantitative estimate of drug-likeness (QED) is 0.0780. The van der Waals surface area contributed by atoms with Gasteiger partial charge < -0.3 is 41.6 Å². The van der Waals surface area contributed by atoms with E-state index in [0.29, 0.717) is 30.4 Å². The van der Waals surface area contributed by atoms with Crippen molar-refractivity contribution in [2.45, 2.75) is 83.8 Å². The number of hydrogen-bond donors (Lipinski definition) is 6. The van der Waals surface area contributed by atoms with E-state index in [4.69, 9.17) is 15.6 Å². The molecule has 2 aromatic rings. The molecule has 2 rings (SSSR count).